The van der Waals surface area contributed by atoms with E-state index in [1.807, 2.05) is 53.5 Å². The molecule has 202 valence electrons. The van der Waals surface area contributed by atoms with Crippen molar-refractivity contribution in [3.63, 3.8) is 0 Å². The number of amides is 2. The summed E-state index contributed by atoms with van der Waals surface area (Å²) in [6.07, 6.45) is 5.74. The number of carbonyl (C=O) groups is 2. The van der Waals surface area contributed by atoms with Crippen LogP contribution in [0.2, 0.25) is 0 Å². The maximum Gasteiger partial charge on any atom is 0.284 e. The Morgan fingerprint density at radius 3 is 2.36 bits per heavy atom. The molecule has 1 aliphatic heterocycles. The number of nitrogens with one attached hydrogen (secondary N) is 1. The van der Waals surface area contributed by atoms with E-state index in [4.69, 9.17) is 0 Å². The van der Waals surface area contributed by atoms with Gasteiger partial charge in [0, 0.05) is 53.9 Å². The number of piperidine rings is 1. The zero-order chi connectivity index (χ0) is 27.7. The van der Waals surface area contributed by atoms with Crippen LogP contribution >= 0.6 is 11.3 Å². The highest BCUT2D eigenvalue weighted by Gasteiger charge is 2.26. The first-order valence-electron chi connectivity index (χ1n) is 13.3. The summed E-state index contributed by atoms with van der Waals surface area (Å²) in [7, 11) is 1.92. The van der Waals surface area contributed by atoms with Gasteiger partial charge in [-0.15, -0.1) is 11.3 Å². The van der Waals surface area contributed by atoms with E-state index >= 15 is 0 Å². The number of likely N-dealkylation sites (tertiary alicyclic amines) is 1. The Labute approximate surface area is 233 Å². The van der Waals surface area contributed by atoms with E-state index in [-0.39, 0.29) is 17.2 Å². The van der Waals surface area contributed by atoms with Gasteiger partial charge in [-0.1, -0.05) is 51.1 Å². The lowest BCUT2D eigenvalue weighted by molar-refractivity contribution is 0.0712. The van der Waals surface area contributed by atoms with E-state index in [9.17, 15) is 9.59 Å². The summed E-state index contributed by atoms with van der Waals surface area (Å²) in [5.41, 5.74) is 6.49. The van der Waals surface area contributed by atoms with Gasteiger partial charge in [-0.2, -0.15) is 5.10 Å². The molecule has 5 rings (SSSR count). The van der Waals surface area contributed by atoms with Gasteiger partial charge in [-0.25, -0.2) is 4.98 Å². The smallest absolute Gasteiger partial charge is 0.284 e. The number of hydrogen-bond acceptors (Lipinski definition) is 5. The largest absolute Gasteiger partial charge is 0.339 e. The number of thiazole rings is 1. The second-order valence-corrected chi connectivity index (χ2v) is 12.2. The Morgan fingerprint density at radius 2 is 1.74 bits per heavy atom. The van der Waals surface area contributed by atoms with Gasteiger partial charge in [-0.05, 0) is 54.5 Å². The number of rotatable bonds is 5. The number of benzene rings is 2. The monoisotopic (exact) mass is 541 g/mol. The van der Waals surface area contributed by atoms with Crippen LogP contribution in [0.15, 0.2) is 60.2 Å². The van der Waals surface area contributed by atoms with Crippen LogP contribution in [-0.2, 0) is 12.5 Å². The molecule has 2 amide bonds. The summed E-state index contributed by atoms with van der Waals surface area (Å²) in [4.78, 5) is 32.7. The van der Waals surface area contributed by atoms with Crippen molar-refractivity contribution in [1.29, 1.82) is 0 Å². The maximum atomic E-state index is 13.4. The molecule has 0 radical (unpaired) electrons. The van der Waals surface area contributed by atoms with Crippen molar-refractivity contribution in [2.24, 2.45) is 7.05 Å². The average molecular weight is 542 g/mol. The van der Waals surface area contributed by atoms with Gasteiger partial charge in [0.1, 0.15) is 0 Å². The Balaban J connectivity index is 1.21. The number of carbonyl (C=O) groups excluding carboxylic acids is 2. The quantitative estimate of drug-likeness (QED) is 0.316. The Bertz CT molecular complexity index is 1490. The van der Waals surface area contributed by atoms with Crippen molar-refractivity contribution in [1.82, 2.24) is 19.7 Å². The minimum atomic E-state index is -0.251. The van der Waals surface area contributed by atoms with Crippen molar-refractivity contribution < 1.29 is 9.59 Å². The lowest BCUT2D eigenvalue weighted by Gasteiger charge is -2.32. The predicted molar refractivity (Wildman–Crippen MR) is 156 cm³/mol. The summed E-state index contributed by atoms with van der Waals surface area (Å²) in [5, 5.41) is 9.58. The fourth-order valence-corrected chi connectivity index (χ4v) is 5.84. The molecule has 0 unspecified atom stereocenters. The minimum absolute atomic E-state index is 0.000131. The standard InChI is InChI=1S/C31H35N5O2S/c1-20-6-7-24(16-26(20)33-28(37)29-34-27(19-39-29)31(2,3)4)30(38)36-14-12-23(13-15-36)21-8-10-22(11-9-21)25-17-32-35(5)18-25/h6-11,16-19,23H,12-15H2,1-5H3,(H,33,37). The SMILES string of the molecule is Cc1ccc(C(=O)N2CCC(c3ccc(-c4cnn(C)c4)cc3)CC2)cc1NC(=O)c1nc(C(C)(C)C)cs1. The van der Waals surface area contributed by atoms with Crippen LogP contribution in [0.4, 0.5) is 5.69 Å². The van der Waals surface area contributed by atoms with Crippen molar-refractivity contribution in [3.05, 3.63) is 87.6 Å². The van der Waals surface area contributed by atoms with Crippen LogP contribution in [0.25, 0.3) is 11.1 Å². The zero-order valence-corrected chi connectivity index (χ0v) is 24.0. The van der Waals surface area contributed by atoms with Crippen LogP contribution in [0.3, 0.4) is 0 Å². The highest BCUT2D eigenvalue weighted by molar-refractivity contribution is 7.11. The summed E-state index contributed by atoms with van der Waals surface area (Å²) in [6, 6.07) is 14.2. The van der Waals surface area contributed by atoms with Crippen molar-refractivity contribution >= 4 is 28.8 Å². The third kappa shape index (κ3) is 5.96. The fraction of sp³-hybridized carbons (Fsp3) is 0.355. The Morgan fingerprint density at radius 1 is 1.03 bits per heavy atom. The van der Waals surface area contributed by atoms with Crippen LogP contribution in [0, 0.1) is 6.92 Å². The molecule has 0 spiro atoms. The number of hydrogen-bond donors (Lipinski definition) is 1. The van der Waals surface area contributed by atoms with E-state index in [1.54, 1.807) is 6.07 Å². The topological polar surface area (TPSA) is 80.1 Å². The lowest BCUT2D eigenvalue weighted by Crippen LogP contribution is -2.38. The molecule has 2 aromatic carbocycles. The summed E-state index contributed by atoms with van der Waals surface area (Å²) in [6.45, 7) is 9.57. The third-order valence-corrected chi connectivity index (χ3v) is 8.24. The molecule has 4 aromatic rings. The van der Waals surface area contributed by atoms with Crippen molar-refractivity contribution in [3.8, 4) is 11.1 Å². The second-order valence-electron chi connectivity index (χ2n) is 11.4. The molecule has 1 aliphatic rings. The van der Waals surface area contributed by atoms with Gasteiger partial charge >= 0.3 is 0 Å². The summed E-state index contributed by atoms with van der Waals surface area (Å²) < 4.78 is 1.81. The van der Waals surface area contributed by atoms with Crippen LogP contribution in [0.1, 0.15) is 76.5 Å². The molecule has 2 aromatic heterocycles. The second kappa shape index (κ2) is 10.8. The molecule has 0 bridgehead atoms. The molecule has 7 nitrogen and oxygen atoms in total. The Hall–Kier alpha value is -3.78. The van der Waals surface area contributed by atoms with E-state index in [0.717, 1.165) is 35.2 Å². The van der Waals surface area contributed by atoms with Gasteiger partial charge in [0.25, 0.3) is 11.8 Å². The van der Waals surface area contributed by atoms with E-state index < -0.39 is 0 Å². The summed E-state index contributed by atoms with van der Waals surface area (Å²) >= 11 is 1.34. The molecule has 39 heavy (non-hydrogen) atoms. The van der Waals surface area contributed by atoms with E-state index in [1.165, 1.54) is 16.9 Å². The van der Waals surface area contributed by atoms with Gasteiger partial charge < -0.3 is 10.2 Å². The van der Waals surface area contributed by atoms with Gasteiger partial charge in [-0.3, -0.25) is 14.3 Å². The van der Waals surface area contributed by atoms with E-state index in [0.29, 0.717) is 35.3 Å². The fourth-order valence-electron chi connectivity index (χ4n) is 4.90. The number of nitrogens with zero attached hydrogens (tertiary/aromatic N) is 4. The molecular formula is C31H35N5O2S. The molecule has 0 saturated carbocycles. The highest BCUT2D eigenvalue weighted by atomic mass is 32.1. The minimum Gasteiger partial charge on any atom is -0.339 e. The predicted octanol–water partition coefficient (Wildman–Crippen LogP) is 6.42. The molecular weight excluding hydrogens is 506 g/mol. The third-order valence-electron chi connectivity index (χ3n) is 7.40. The highest BCUT2D eigenvalue weighted by Crippen LogP contribution is 2.31. The molecule has 3 heterocycles. The van der Waals surface area contributed by atoms with Crippen molar-refractivity contribution in [2.75, 3.05) is 18.4 Å². The number of anilines is 1. The van der Waals surface area contributed by atoms with Crippen LogP contribution < -0.4 is 5.32 Å². The average Bonchev–Trinajstić information content (AvgIpc) is 3.60. The first kappa shape index (κ1) is 26.8. The van der Waals surface area contributed by atoms with Gasteiger partial charge in [0.05, 0.1) is 11.9 Å². The first-order chi connectivity index (χ1) is 18.6. The Kier molecular flexibility index (Phi) is 7.40. The number of aryl methyl sites for hydroxylation is 2. The van der Waals surface area contributed by atoms with Gasteiger partial charge in [0.2, 0.25) is 0 Å². The van der Waals surface area contributed by atoms with Crippen LogP contribution in [-0.4, -0.2) is 44.6 Å². The molecule has 1 fully saturated rings. The first-order valence-corrected chi connectivity index (χ1v) is 14.2. The normalized spacial score (nSPS) is 14.4. The zero-order valence-electron chi connectivity index (χ0n) is 23.2. The maximum absolute atomic E-state index is 13.4. The van der Waals surface area contributed by atoms with E-state index in [2.05, 4.69) is 60.4 Å². The van der Waals surface area contributed by atoms with Gasteiger partial charge in [0.15, 0.2) is 5.01 Å². The van der Waals surface area contributed by atoms with Crippen molar-refractivity contribution in [2.45, 2.75) is 51.9 Å². The molecule has 1 N–H and O–H groups in total. The number of aromatic nitrogens is 3. The molecule has 0 aliphatic carbocycles. The lowest BCUT2D eigenvalue weighted by atomic mass is 9.88. The molecule has 1 saturated heterocycles. The molecule has 0 atom stereocenters. The summed E-state index contributed by atoms with van der Waals surface area (Å²) in [5.74, 6) is 0.180. The molecule has 8 heteroatoms. The van der Waals surface area contributed by atoms with Crippen LogP contribution in [0.5, 0.6) is 0 Å².